The third-order valence-electron chi connectivity index (χ3n) is 4.53. The van der Waals surface area contributed by atoms with Gasteiger partial charge in [-0.15, -0.1) is 0 Å². The van der Waals surface area contributed by atoms with Gasteiger partial charge in [-0.3, -0.25) is 4.79 Å². The molecule has 24 heavy (non-hydrogen) atoms. The number of amides is 1. The Bertz CT molecular complexity index is 790. The number of hydrogen-bond acceptors (Lipinski definition) is 3. The number of carbonyl (C=O) groups is 1. The van der Waals surface area contributed by atoms with Crippen LogP contribution < -0.4 is 14.8 Å². The van der Waals surface area contributed by atoms with Crippen LogP contribution in [-0.2, 0) is 17.6 Å². The van der Waals surface area contributed by atoms with Crippen LogP contribution in [0.25, 0.3) is 0 Å². The first-order valence-corrected chi connectivity index (χ1v) is 8.95. The van der Waals surface area contributed by atoms with Crippen LogP contribution in [0.1, 0.15) is 29.2 Å². The fourth-order valence-corrected chi connectivity index (χ4v) is 3.83. The number of hydrogen-bond donors (Lipinski definition) is 1. The highest BCUT2D eigenvalue weighted by molar-refractivity contribution is 9.10. The van der Waals surface area contributed by atoms with E-state index in [0.29, 0.717) is 25.4 Å². The van der Waals surface area contributed by atoms with Crippen LogP contribution in [0.4, 0.5) is 0 Å². The fourth-order valence-electron chi connectivity index (χ4n) is 3.37. The van der Waals surface area contributed by atoms with Crippen molar-refractivity contribution in [2.24, 2.45) is 0 Å². The van der Waals surface area contributed by atoms with Gasteiger partial charge in [0.2, 0.25) is 5.91 Å². The number of fused-ring (bicyclic) bond motifs is 2. The Morgan fingerprint density at radius 3 is 2.75 bits per heavy atom. The first-order chi connectivity index (χ1) is 11.7. The first kappa shape index (κ1) is 15.5. The first-order valence-electron chi connectivity index (χ1n) is 8.16. The summed E-state index contributed by atoms with van der Waals surface area (Å²) in [5.41, 5.74) is 3.48. The summed E-state index contributed by atoms with van der Waals surface area (Å²) >= 11 is 3.53. The van der Waals surface area contributed by atoms with E-state index >= 15 is 0 Å². The molecule has 1 amide bonds. The van der Waals surface area contributed by atoms with E-state index in [0.717, 1.165) is 28.6 Å². The Balaban J connectivity index is 1.47. The highest BCUT2D eigenvalue weighted by atomic mass is 79.9. The average molecular weight is 388 g/mol. The summed E-state index contributed by atoms with van der Waals surface area (Å²) in [6.45, 7) is 1.10. The minimum absolute atomic E-state index is 0.0223. The number of nitrogens with one attached hydrogen (secondary N) is 1. The lowest BCUT2D eigenvalue weighted by molar-refractivity contribution is -0.121. The maximum absolute atomic E-state index is 12.5. The van der Waals surface area contributed by atoms with Gasteiger partial charge >= 0.3 is 0 Å². The van der Waals surface area contributed by atoms with E-state index < -0.39 is 0 Å². The lowest BCUT2D eigenvalue weighted by atomic mass is 10.1. The molecule has 2 aliphatic rings. The van der Waals surface area contributed by atoms with E-state index in [1.165, 1.54) is 11.1 Å². The highest BCUT2D eigenvalue weighted by Gasteiger charge is 2.24. The van der Waals surface area contributed by atoms with Crippen LogP contribution in [0.2, 0.25) is 0 Å². The molecule has 1 aliphatic heterocycles. The summed E-state index contributed by atoms with van der Waals surface area (Å²) in [5, 5.41) is 3.16. The second-order valence-electron chi connectivity index (χ2n) is 6.12. The van der Waals surface area contributed by atoms with Crippen LogP contribution in [0.15, 0.2) is 40.9 Å². The standard InChI is InChI=1S/C19H18BrNO3/c20-15-11-18-17(23-7-8-24-18)9-13(15)10-19(22)21-16-6-5-12-3-1-2-4-14(12)16/h1-4,9,11,16H,5-8,10H2,(H,21,22). The van der Waals surface area contributed by atoms with Crippen LogP contribution in [0.3, 0.4) is 0 Å². The van der Waals surface area contributed by atoms with Gasteiger partial charge in [-0.2, -0.15) is 0 Å². The maximum atomic E-state index is 12.5. The van der Waals surface area contributed by atoms with E-state index in [-0.39, 0.29) is 11.9 Å². The zero-order valence-corrected chi connectivity index (χ0v) is 14.8. The molecule has 1 N–H and O–H groups in total. The summed E-state index contributed by atoms with van der Waals surface area (Å²) in [6, 6.07) is 12.2. The summed E-state index contributed by atoms with van der Waals surface area (Å²) in [5.74, 6) is 1.45. The predicted octanol–water partition coefficient (Wildman–Crippen LogP) is 3.57. The van der Waals surface area contributed by atoms with E-state index in [1.807, 2.05) is 18.2 Å². The number of rotatable bonds is 3. The molecule has 0 aromatic heterocycles. The van der Waals surface area contributed by atoms with Crippen molar-refractivity contribution in [3.05, 3.63) is 57.6 Å². The molecule has 0 fully saturated rings. The lowest BCUT2D eigenvalue weighted by Crippen LogP contribution is -2.28. The monoisotopic (exact) mass is 387 g/mol. The topological polar surface area (TPSA) is 47.6 Å². The quantitative estimate of drug-likeness (QED) is 0.875. The minimum atomic E-state index is 0.0223. The second-order valence-corrected chi connectivity index (χ2v) is 6.98. The van der Waals surface area contributed by atoms with Crippen molar-refractivity contribution in [2.45, 2.75) is 25.3 Å². The second kappa shape index (κ2) is 6.48. The molecule has 4 nitrogen and oxygen atoms in total. The van der Waals surface area contributed by atoms with Gasteiger partial charge in [-0.25, -0.2) is 0 Å². The molecule has 0 radical (unpaired) electrons. The maximum Gasteiger partial charge on any atom is 0.224 e. The molecule has 1 heterocycles. The Kier molecular flexibility index (Phi) is 4.19. The molecule has 1 atom stereocenters. The fraction of sp³-hybridized carbons (Fsp3) is 0.316. The molecular formula is C19H18BrNO3. The Hall–Kier alpha value is -2.01. The largest absolute Gasteiger partial charge is 0.486 e. The van der Waals surface area contributed by atoms with Crippen molar-refractivity contribution in [2.75, 3.05) is 13.2 Å². The Morgan fingerprint density at radius 2 is 1.92 bits per heavy atom. The molecule has 0 saturated heterocycles. The SMILES string of the molecule is O=C(Cc1cc2c(cc1Br)OCCO2)NC1CCc2ccccc21. The predicted molar refractivity (Wildman–Crippen MR) is 94.5 cm³/mol. The van der Waals surface area contributed by atoms with Gasteiger partial charge in [-0.05, 0) is 41.7 Å². The van der Waals surface area contributed by atoms with Gasteiger partial charge in [0.15, 0.2) is 11.5 Å². The molecule has 0 bridgehead atoms. The summed E-state index contributed by atoms with van der Waals surface area (Å²) in [6.07, 6.45) is 2.30. The molecule has 0 saturated carbocycles. The molecule has 2 aromatic carbocycles. The number of benzene rings is 2. The smallest absolute Gasteiger partial charge is 0.224 e. The normalized spacial score (nSPS) is 18.1. The zero-order valence-electron chi connectivity index (χ0n) is 13.2. The molecule has 0 spiro atoms. The van der Waals surface area contributed by atoms with Gasteiger partial charge in [0.25, 0.3) is 0 Å². The van der Waals surface area contributed by atoms with Crippen molar-refractivity contribution in [3.63, 3.8) is 0 Å². The number of carbonyl (C=O) groups excluding carboxylic acids is 1. The van der Waals surface area contributed by atoms with E-state index in [1.54, 1.807) is 0 Å². The summed E-state index contributed by atoms with van der Waals surface area (Å²) < 4.78 is 12.0. The third kappa shape index (κ3) is 3.00. The lowest BCUT2D eigenvalue weighted by Gasteiger charge is -2.20. The van der Waals surface area contributed by atoms with E-state index in [9.17, 15) is 4.79 Å². The van der Waals surface area contributed by atoms with Crippen LogP contribution in [-0.4, -0.2) is 19.1 Å². The molecule has 5 heteroatoms. The van der Waals surface area contributed by atoms with Gasteiger partial charge in [0.05, 0.1) is 12.5 Å². The molecular weight excluding hydrogens is 370 g/mol. The van der Waals surface area contributed by atoms with Gasteiger partial charge in [0, 0.05) is 4.47 Å². The summed E-state index contributed by atoms with van der Waals surface area (Å²) in [7, 11) is 0. The molecule has 1 aliphatic carbocycles. The van der Waals surface area contributed by atoms with E-state index in [2.05, 4.69) is 39.4 Å². The summed E-state index contributed by atoms with van der Waals surface area (Å²) in [4.78, 5) is 12.5. The number of ether oxygens (including phenoxy) is 2. The van der Waals surface area contributed by atoms with Crippen molar-refractivity contribution in [1.82, 2.24) is 5.32 Å². The minimum Gasteiger partial charge on any atom is -0.486 e. The van der Waals surface area contributed by atoms with Gasteiger partial charge in [0.1, 0.15) is 13.2 Å². The molecule has 124 valence electrons. The third-order valence-corrected chi connectivity index (χ3v) is 5.27. The number of aryl methyl sites for hydroxylation is 1. The van der Waals surface area contributed by atoms with Gasteiger partial charge in [-0.1, -0.05) is 40.2 Å². The van der Waals surface area contributed by atoms with Crippen molar-refractivity contribution in [1.29, 1.82) is 0 Å². The van der Waals surface area contributed by atoms with Crippen molar-refractivity contribution < 1.29 is 14.3 Å². The Labute approximate surface area is 149 Å². The highest BCUT2D eigenvalue weighted by Crippen LogP contribution is 2.36. The van der Waals surface area contributed by atoms with Crippen LogP contribution in [0.5, 0.6) is 11.5 Å². The number of halogens is 1. The van der Waals surface area contributed by atoms with E-state index in [4.69, 9.17) is 9.47 Å². The van der Waals surface area contributed by atoms with Gasteiger partial charge < -0.3 is 14.8 Å². The molecule has 1 unspecified atom stereocenters. The molecule has 2 aromatic rings. The zero-order chi connectivity index (χ0) is 16.5. The Morgan fingerprint density at radius 1 is 1.17 bits per heavy atom. The van der Waals surface area contributed by atoms with Crippen molar-refractivity contribution in [3.8, 4) is 11.5 Å². The van der Waals surface area contributed by atoms with Crippen LogP contribution in [0, 0.1) is 0 Å². The average Bonchev–Trinajstić information content (AvgIpc) is 2.99. The molecule has 4 rings (SSSR count). The van der Waals surface area contributed by atoms with Crippen molar-refractivity contribution >= 4 is 21.8 Å². The van der Waals surface area contributed by atoms with Crippen LogP contribution >= 0.6 is 15.9 Å².